The molecule has 0 spiro atoms. The number of ether oxygens (including phenoxy) is 1. The minimum absolute atomic E-state index is 0.0965. The molecule has 5 rings (SSSR count). The van der Waals surface area contributed by atoms with Crippen LogP contribution in [0.25, 0.3) is 0 Å². The van der Waals surface area contributed by atoms with Crippen molar-refractivity contribution in [2.45, 2.75) is 19.4 Å². The molecule has 1 amide bonds. The fourth-order valence-corrected chi connectivity index (χ4v) is 4.30. The molecule has 0 N–H and O–H groups in total. The highest BCUT2D eigenvalue weighted by Gasteiger charge is 2.31. The molecule has 0 aliphatic carbocycles. The Labute approximate surface area is 182 Å². The third kappa shape index (κ3) is 3.91. The zero-order valence-electron chi connectivity index (χ0n) is 17.6. The summed E-state index contributed by atoms with van der Waals surface area (Å²) in [5, 5.41) is 0. The summed E-state index contributed by atoms with van der Waals surface area (Å²) >= 11 is 0. The van der Waals surface area contributed by atoms with Gasteiger partial charge in [-0.3, -0.25) is 4.79 Å². The summed E-state index contributed by atoms with van der Waals surface area (Å²) in [4.78, 5) is 22.2. The summed E-state index contributed by atoms with van der Waals surface area (Å²) in [6.45, 7) is 4.26. The lowest BCUT2D eigenvalue weighted by atomic mass is 10.1. The molecule has 0 saturated carbocycles. The van der Waals surface area contributed by atoms with E-state index in [2.05, 4.69) is 17.9 Å². The molecule has 0 radical (unpaired) electrons. The molecule has 2 aliphatic rings. The van der Waals surface area contributed by atoms with E-state index in [1.165, 1.54) is 0 Å². The van der Waals surface area contributed by atoms with Crippen LogP contribution in [0.2, 0.25) is 0 Å². The first-order valence-corrected chi connectivity index (χ1v) is 10.7. The molecular formula is C26H25N3O2. The maximum absolute atomic E-state index is 12.9. The second-order valence-electron chi connectivity index (χ2n) is 8.05. The quantitative estimate of drug-likeness (QED) is 0.617. The Hall–Kier alpha value is -3.60. The van der Waals surface area contributed by atoms with Crippen molar-refractivity contribution in [2.75, 3.05) is 19.6 Å². The average molecular weight is 412 g/mol. The minimum atomic E-state index is 0.0965. The summed E-state index contributed by atoms with van der Waals surface area (Å²) in [7, 11) is 0. The van der Waals surface area contributed by atoms with Crippen LogP contribution in [0.5, 0.6) is 11.5 Å². The second-order valence-corrected chi connectivity index (χ2v) is 8.05. The average Bonchev–Trinajstić information content (AvgIpc) is 2.96. The SMILES string of the molecule is C[C@@H]1CN(C2=Nc3ccccc3Oc3ccccc32)CCN1C(=O)Cc1ccccc1. The lowest BCUT2D eigenvalue weighted by molar-refractivity contribution is -0.134. The van der Waals surface area contributed by atoms with Crippen LogP contribution in [-0.2, 0) is 11.2 Å². The van der Waals surface area contributed by atoms with Gasteiger partial charge >= 0.3 is 0 Å². The number of piperazine rings is 1. The van der Waals surface area contributed by atoms with E-state index in [-0.39, 0.29) is 11.9 Å². The van der Waals surface area contributed by atoms with Gasteiger partial charge in [-0.15, -0.1) is 0 Å². The van der Waals surface area contributed by atoms with E-state index >= 15 is 0 Å². The number of hydrogen-bond donors (Lipinski definition) is 0. The highest BCUT2D eigenvalue weighted by atomic mass is 16.5. The molecule has 5 heteroatoms. The summed E-state index contributed by atoms with van der Waals surface area (Å²) in [5.41, 5.74) is 2.86. The summed E-state index contributed by atoms with van der Waals surface area (Å²) in [6.07, 6.45) is 0.441. The number of aliphatic imine (C=N–C) groups is 1. The summed E-state index contributed by atoms with van der Waals surface area (Å²) in [5.74, 6) is 2.65. The molecule has 0 unspecified atom stereocenters. The van der Waals surface area contributed by atoms with Crippen molar-refractivity contribution in [1.82, 2.24) is 9.80 Å². The number of carbonyl (C=O) groups is 1. The van der Waals surface area contributed by atoms with Crippen LogP contribution in [-0.4, -0.2) is 47.2 Å². The number of amides is 1. The second kappa shape index (κ2) is 8.26. The van der Waals surface area contributed by atoms with Gasteiger partial charge in [0.15, 0.2) is 5.75 Å². The van der Waals surface area contributed by atoms with Crippen molar-refractivity contribution in [3.8, 4) is 11.5 Å². The van der Waals surface area contributed by atoms with Gasteiger partial charge in [0.05, 0.1) is 12.0 Å². The van der Waals surface area contributed by atoms with Crippen molar-refractivity contribution in [3.63, 3.8) is 0 Å². The van der Waals surface area contributed by atoms with E-state index in [0.29, 0.717) is 13.0 Å². The van der Waals surface area contributed by atoms with Crippen molar-refractivity contribution in [3.05, 3.63) is 90.0 Å². The van der Waals surface area contributed by atoms with Crippen LogP contribution >= 0.6 is 0 Å². The minimum Gasteiger partial charge on any atom is -0.454 e. The van der Waals surface area contributed by atoms with Crippen LogP contribution in [0.1, 0.15) is 18.1 Å². The largest absolute Gasteiger partial charge is 0.454 e. The van der Waals surface area contributed by atoms with Gasteiger partial charge in [-0.25, -0.2) is 4.99 Å². The molecule has 3 aromatic carbocycles. The fraction of sp³-hybridized carbons (Fsp3) is 0.231. The number of hydrogen-bond acceptors (Lipinski definition) is 4. The van der Waals surface area contributed by atoms with Gasteiger partial charge in [-0.1, -0.05) is 54.6 Å². The smallest absolute Gasteiger partial charge is 0.227 e. The van der Waals surface area contributed by atoms with Gasteiger partial charge in [-0.05, 0) is 36.8 Å². The molecule has 5 nitrogen and oxygen atoms in total. The van der Waals surface area contributed by atoms with Gasteiger partial charge in [0, 0.05) is 25.7 Å². The summed E-state index contributed by atoms with van der Waals surface area (Å²) < 4.78 is 6.17. The zero-order valence-corrected chi connectivity index (χ0v) is 17.6. The van der Waals surface area contributed by atoms with Crippen LogP contribution < -0.4 is 4.74 Å². The first kappa shape index (κ1) is 19.4. The van der Waals surface area contributed by atoms with Crippen LogP contribution in [0.4, 0.5) is 5.69 Å². The molecule has 2 aliphatic heterocycles. The van der Waals surface area contributed by atoms with E-state index in [1.807, 2.05) is 77.7 Å². The van der Waals surface area contributed by atoms with E-state index in [1.54, 1.807) is 0 Å². The molecule has 1 atom stereocenters. The summed E-state index contributed by atoms with van der Waals surface area (Å²) in [6, 6.07) is 25.9. The van der Waals surface area contributed by atoms with Crippen molar-refractivity contribution in [2.24, 2.45) is 4.99 Å². The van der Waals surface area contributed by atoms with E-state index in [9.17, 15) is 4.79 Å². The van der Waals surface area contributed by atoms with E-state index < -0.39 is 0 Å². The van der Waals surface area contributed by atoms with Crippen molar-refractivity contribution < 1.29 is 9.53 Å². The normalized spacial score (nSPS) is 17.7. The monoisotopic (exact) mass is 411 g/mol. The first-order chi connectivity index (χ1) is 15.2. The van der Waals surface area contributed by atoms with Crippen molar-refractivity contribution >= 4 is 17.4 Å². The third-order valence-electron chi connectivity index (χ3n) is 5.89. The Kier molecular flexibility index (Phi) is 5.16. The van der Waals surface area contributed by atoms with Crippen LogP contribution in [0, 0.1) is 0 Å². The number of amidine groups is 1. The third-order valence-corrected chi connectivity index (χ3v) is 5.89. The molecule has 2 heterocycles. The number of rotatable bonds is 2. The zero-order chi connectivity index (χ0) is 21.2. The molecule has 0 aromatic heterocycles. The maximum Gasteiger partial charge on any atom is 0.227 e. The Morgan fingerprint density at radius 1 is 0.935 bits per heavy atom. The first-order valence-electron chi connectivity index (χ1n) is 10.7. The predicted octanol–water partition coefficient (Wildman–Crippen LogP) is 4.65. The number of nitrogens with zero attached hydrogens (tertiary/aromatic N) is 3. The van der Waals surface area contributed by atoms with Gasteiger partial charge in [0.2, 0.25) is 5.91 Å². The Morgan fingerprint density at radius 3 is 2.45 bits per heavy atom. The van der Waals surface area contributed by atoms with Crippen LogP contribution in [0.15, 0.2) is 83.9 Å². The Morgan fingerprint density at radius 2 is 1.65 bits per heavy atom. The molecule has 31 heavy (non-hydrogen) atoms. The Bertz CT molecular complexity index is 1130. The lowest BCUT2D eigenvalue weighted by Gasteiger charge is -2.41. The molecule has 1 saturated heterocycles. The molecule has 0 bridgehead atoms. The molecule has 3 aromatic rings. The predicted molar refractivity (Wildman–Crippen MR) is 122 cm³/mol. The fourth-order valence-electron chi connectivity index (χ4n) is 4.30. The highest BCUT2D eigenvalue weighted by Crippen LogP contribution is 2.38. The topological polar surface area (TPSA) is 45.1 Å². The Balaban J connectivity index is 1.39. The molecular weight excluding hydrogens is 386 g/mol. The highest BCUT2D eigenvalue weighted by molar-refractivity contribution is 6.03. The van der Waals surface area contributed by atoms with Gasteiger partial charge < -0.3 is 14.5 Å². The maximum atomic E-state index is 12.9. The van der Waals surface area contributed by atoms with Crippen molar-refractivity contribution in [1.29, 1.82) is 0 Å². The number of para-hydroxylation sites is 3. The number of carbonyl (C=O) groups excluding carboxylic acids is 1. The van der Waals surface area contributed by atoms with Gasteiger partial charge in [-0.2, -0.15) is 0 Å². The number of benzene rings is 3. The standard InChI is InChI=1S/C26H25N3O2/c1-19-18-28(15-16-29(19)25(30)17-20-9-3-2-4-10-20)26-21-11-5-7-13-23(21)31-24-14-8-6-12-22(24)27-26/h2-14,19H,15-18H2,1H3/t19-/m1/s1. The number of fused-ring (bicyclic) bond motifs is 2. The lowest BCUT2D eigenvalue weighted by Crippen LogP contribution is -2.55. The van der Waals surface area contributed by atoms with Gasteiger partial charge in [0.25, 0.3) is 0 Å². The van der Waals surface area contributed by atoms with Crippen LogP contribution in [0.3, 0.4) is 0 Å². The van der Waals surface area contributed by atoms with Gasteiger partial charge in [0.1, 0.15) is 17.3 Å². The van der Waals surface area contributed by atoms with E-state index in [0.717, 1.165) is 47.2 Å². The molecule has 156 valence electrons. The van der Waals surface area contributed by atoms with E-state index in [4.69, 9.17) is 9.73 Å². The molecule has 1 fully saturated rings.